The van der Waals surface area contributed by atoms with Crippen LogP contribution in [-0.2, 0) is 14.6 Å². The first-order valence-electron chi connectivity index (χ1n) is 9.97. The van der Waals surface area contributed by atoms with Crippen LogP contribution >= 0.6 is 0 Å². The molecule has 168 valence electrons. The summed E-state index contributed by atoms with van der Waals surface area (Å²) in [6.07, 6.45) is 0.744. The molecule has 1 amide bonds. The van der Waals surface area contributed by atoms with Crippen LogP contribution in [0.15, 0.2) is 46.1 Å². The van der Waals surface area contributed by atoms with E-state index < -0.39 is 21.5 Å². The van der Waals surface area contributed by atoms with Gasteiger partial charge >= 0.3 is 0 Å². The van der Waals surface area contributed by atoms with Crippen molar-refractivity contribution in [3.8, 4) is 5.95 Å². The largest absolute Gasteiger partial charge is 0.370 e. The molecule has 4 rings (SSSR count). The van der Waals surface area contributed by atoms with E-state index in [4.69, 9.17) is 4.74 Å². The monoisotopic (exact) mass is 457 g/mol. The maximum atomic E-state index is 13.1. The Hall–Kier alpha value is -3.31. The number of rotatable bonds is 4. The standard InChI is InChI=1S/C21H23N5O5S/c1-13-10-14(2)23-21(22-13)26-19(27)11-17(24-26)20(28)25-8-9-31-18(12-25)15-4-6-16(7-5-15)32(3,29)30/h4-7,10-11,18,24H,8-9,12H2,1-3H3. The van der Waals surface area contributed by atoms with Gasteiger partial charge in [0, 0.05) is 30.3 Å². The summed E-state index contributed by atoms with van der Waals surface area (Å²) in [4.78, 5) is 35.8. The van der Waals surface area contributed by atoms with E-state index >= 15 is 0 Å². The van der Waals surface area contributed by atoms with Gasteiger partial charge in [-0.1, -0.05) is 12.1 Å². The Morgan fingerprint density at radius 2 is 1.78 bits per heavy atom. The van der Waals surface area contributed by atoms with Crippen molar-refractivity contribution in [3.05, 3.63) is 69.4 Å². The Morgan fingerprint density at radius 1 is 1.12 bits per heavy atom. The molecule has 11 heteroatoms. The molecule has 1 fully saturated rings. The van der Waals surface area contributed by atoms with Crippen LogP contribution in [0, 0.1) is 13.8 Å². The number of sulfone groups is 1. The van der Waals surface area contributed by atoms with E-state index in [1.54, 1.807) is 36.9 Å². The zero-order chi connectivity index (χ0) is 23.0. The zero-order valence-electron chi connectivity index (χ0n) is 17.9. The molecule has 3 heterocycles. The van der Waals surface area contributed by atoms with Gasteiger partial charge in [0.05, 0.1) is 18.0 Å². The normalized spacial score (nSPS) is 16.8. The topological polar surface area (TPSA) is 127 Å². The molecule has 10 nitrogen and oxygen atoms in total. The average Bonchev–Trinajstić information content (AvgIpc) is 3.14. The average molecular weight is 458 g/mol. The highest BCUT2D eigenvalue weighted by Gasteiger charge is 2.28. The quantitative estimate of drug-likeness (QED) is 0.623. The number of aromatic nitrogens is 4. The summed E-state index contributed by atoms with van der Waals surface area (Å²) in [5, 5.41) is 2.81. The summed E-state index contributed by atoms with van der Waals surface area (Å²) >= 11 is 0. The van der Waals surface area contributed by atoms with Crippen LogP contribution in [0.25, 0.3) is 5.95 Å². The van der Waals surface area contributed by atoms with Gasteiger partial charge in [-0.2, -0.15) is 4.68 Å². The molecule has 1 aliphatic heterocycles. The first-order chi connectivity index (χ1) is 15.1. The number of nitrogens with one attached hydrogen (secondary N) is 1. The summed E-state index contributed by atoms with van der Waals surface area (Å²) in [5.74, 6) is -0.163. The fourth-order valence-electron chi connectivity index (χ4n) is 3.60. The highest BCUT2D eigenvalue weighted by Crippen LogP contribution is 2.24. The molecule has 1 atom stereocenters. The van der Waals surface area contributed by atoms with Gasteiger partial charge in [0.2, 0.25) is 0 Å². The van der Waals surface area contributed by atoms with E-state index in [0.29, 0.717) is 24.5 Å². The third-order valence-corrected chi connectivity index (χ3v) is 6.28. The number of hydrogen-bond acceptors (Lipinski definition) is 7. The van der Waals surface area contributed by atoms with Gasteiger partial charge in [-0.05, 0) is 37.6 Å². The summed E-state index contributed by atoms with van der Waals surface area (Å²) in [7, 11) is -3.29. The lowest BCUT2D eigenvalue weighted by Crippen LogP contribution is -2.42. The Balaban J connectivity index is 1.54. The SMILES string of the molecule is Cc1cc(C)nc(-n2[nH]c(C(=O)N3CCOC(c4ccc(S(C)(=O)=O)cc4)C3)cc2=O)n1. The van der Waals surface area contributed by atoms with Gasteiger partial charge in [0.25, 0.3) is 17.4 Å². The second kappa shape index (κ2) is 8.32. The van der Waals surface area contributed by atoms with Crippen molar-refractivity contribution in [1.82, 2.24) is 24.6 Å². The van der Waals surface area contributed by atoms with Crippen molar-refractivity contribution < 1.29 is 17.9 Å². The lowest BCUT2D eigenvalue weighted by molar-refractivity contribution is -0.0230. The number of aryl methyl sites for hydroxylation is 2. The van der Waals surface area contributed by atoms with Crippen molar-refractivity contribution in [3.63, 3.8) is 0 Å². The molecule has 32 heavy (non-hydrogen) atoms. The van der Waals surface area contributed by atoms with Gasteiger partial charge < -0.3 is 9.64 Å². The summed E-state index contributed by atoms with van der Waals surface area (Å²) in [6.45, 7) is 4.55. The number of H-pyrrole nitrogens is 1. The summed E-state index contributed by atoms with van der Waals surface area (Å²) < 4.78 is 30.3. The highest BCUT2D eigenvalue weighted by atomic mass is 32.2. The van der Waals surface area contributed by atoms with Crippen molar-refractivity contribution in [2.24, 2.45) is 0 Å². The van der Waals surface area contributed by atoms with E-state index in [1.165, 1.54) is 18.2 Å². The van der Waals surface area contributed by atoms with Gasteiger partial charge in [0.1, 0.15) is 11.8 Å². The van der Waals surface area contributed by atoms with Crippen LogP contribution in [-0.4, -0.2) is 64.9 Å². The summed E-state index contributed by atoms with van der Waals surface area (Å²) in [6, 6.07) is 9.44. The van der Waals surface area contributed by atoms with E-state index in [2.05, 4.69) is 15.1 Å². The van der Waals surface area contributed by atoms with Crippen LogP contribution in [0.4, 0.5) is 0 Å². The first kappa shape index (κ1) is 21.9. The number of nitrogens with zero attached hydrogens (tertiary/aromatic N) is 4. The van der Waals surface area contributed by atoms with Crippen LogP contribution in [0.3, 0.4) is 0 Å². The third-order valence-electron chi connectivity index (χ3n) is 5.16. The maximum Gasteiger partial charge on any atom is 0.274 e. The van der Waals surface area contributed by atoms with Crippen molar-refractivity contribution in [2.75, 3.05) is 26.0 Å². The summed E-state index contributed by atoms with van der Waals surface area (Å²) in [5.41, 5.74) is 1.88. The predicted octanol–water partition coefficient (Wildman–Crippen LogP) is 1.19. The number of hydrogen-bond donors (Lipinski definition) is 1. The molecule has 0 radical (unpaired) electrons. The molecule has 1 saturated heterocycles. The molecule has 0 aliphatic carbocycles. The number of carbonyl (C=O) groups excluding carboxylic acids is 1. The molecule has 1 aliphatic rings. The minimum Gasteiger partial charge on any atom is -0.370 e. The smallest absolute Gasteiger partial charge is 0.274 e. The van der Waals surface area contributed by atoms with E-state index in [-0.39, 0.29) is 29.0 Å². The molecule has 2 aromatic heterocycles. The second-order valence-corrected chi connectivity index (χ2v) is 9.76. The Kier molecular flexibility index (Phi) is 5.70. The van der Waals surface area contributed by atoms with Gasteiger partial charge in [-0.25, -0.2) is 18.4 Å². The van der Waals surface area contributed by atoms with Crippen LogP contribution in [0.1, 0.15) is 33.5 Å². The maximum absolute atomic E-state index is 13.1. The van der Waals surface area contributed by atoms with Gasteiger partial charge in [-0.3, -0.25) is 14.7 Å². The van der Waals surface area contributed by atoms with E-state index in [1.807, 2.05) is 0 Å². The Bertz CT molecular complexity index is 1310. The van der Waals surface area contributed by atoms with Gasteiger partial charge in [0.15, 0.2) is 9.84 Å². The van der Waals surface area contributed by atoms with Crippen LogP contribution in [0.2, 0.25) is 0 Å². The first-order valence-corrected chi connectivity index (χ1v) is 11.9. The lowest BCUT2D eigenvalue weighted by atomic mass is 10.1. The molecule has 3 aromatic rings. The van der Waals surface area contributed by atoms with Crippen molar-refractivity contribution >= 4 is 15.7 Å². The molecule has 1 unspecified atom stereocenters. The second-order valence-electron chi connectivity index (χ2n) is 7.75. The minimum atomic E-state index is -3.29. The van der Waals surface area contributed by atoms with Gasteiger partial charge in [-0.15, -0.1) is 0 Å². The minimum absolute atomic E-state index is 0.130. The van der Waals surface area contributed by atoms with Crippen LogP contribution in [0.5, 0.6) is 0 Å². The fraction of sp³-hybridized carbons (Fsp3) is 0.333. The predicted molar refractivity (Wildman–Crippen MR) is 116 cm³/mol. The van der Waals surface area contributed by atoms with Crippen molar-refractivity contribution in [1.29, 1.82) is 0 Å². The molecule has 1 N–H and O–H groups in total. The number of morpholine rings is 1. The van der Waals surface area contributed by atoms with E-state index in [9.17, 15) is 18.0 Å². The Labute approximate surface area is 184 Å². The molecule has 0 saturated carbocycles. The number of benzene rings is 1. The fourth-order valence-corrected chi connectivity index (χ4v) is 4.23. The molecule has 0 spiro atoms. The van der Waals surface area contributed by atoms with E-state index in [0.717, 1.165) is 16.5 Å². The lowest BCUT2D eigenvalue weighted by Gasteiger charge is -2.33. The molecule has 1 aromatic carbocycles. The number of carbonyl (C=O) groups is 1. The Morgan fingerprint density at radius 3 is 2.41 bits per heavy atom. The zero-order valence-corrected chi connectivity index (χ0v) is 18.7. The number of ether oxygens (including phenoxy) is 1. The molecular formula is C21H23N5O5S. The molecule has 0 bridgehead atoms. The third kappa shape index (κ3) is 4.48. The highest BCUT2D eigenvalue weighted by molar-refractivity contribution is 7.90. The van der Waals surface area contributed by atoms with Crippen molar-refractivity contribution in [2.45, 2.75) is 24.8 Å². The number of amides is 1. The number of aromatic amines is 1. The van der Waals surface area contributed by atoms with Crippen LogP contribution < -0.4 is 5.56 Å². The molecular weight excluding hydrogens is 434 g/mol.